The number of hydrogen-bond acceptors (Lipinski definition) is 6. The van der Waals surface area contributed by atoms with Crippen LogP contribution in [0, 0.1) is 0 Å². The molecule has 0 aliphatic carbocycles. The molecule has 2 aromatic carbocycles. The van der Waals surface area contributed by atoms with Gasteiger partial charge in [-0.15, -0.1) is 0 Å². The summed E-state index contributed by atoms with van der Waals surface area (Å²) in [6.45, 7) is 5.78. The Bertz CT molecular complexity index is 829. The van der Waals surface area contributed by atoms with Gasteiger partial charge in [0, 0.05) is 6.54 Å². The van der Waals surface area contributed by atoms with Gasteiger partial charge in [-0.2, -0.15) is 0 Å². The Morgan fingerprint density at radius 3 is 2.26 bits per heavy atom. The monoisotopic (exact) mass is 429 g/mol. The summed E-state index contributed by atoms with van der Waals surface area (Å²) in [5.41, 5.74) is 1.09. The fraction of sp³-hybridized carbons (Fsp3) is 0.417. The maximum atomic E-state index is 12.7. The first-order valence-electron chi connectivity index (χ1n) is 10.2. The quantitative estimate of drug-likeness (QED) is 0.611. The van der Waals surface area contributed by atoms with Crippen LogP contribution in [0.25, 0.3) is 0 Å². The smallest absolute Gasteiger partial charge is 0.410 e. The van der Waals surface area contributed by atoms with Crippen LogP contribution in [0.2, 0.25) is 0 Å². The van der Waals surface area contributed by atoms with Crippen LogP contribution in [0.4, 0.5) is 4.79 Å². The summed E-state index contributed by atoms with van der Waals surface area (Å²) in [6, 6.07) is 16.5. The van der Waals surface area contributed by atoms with Gasteiger partial charge in [0.1, 0.15) is 11.4 Å². The first-order valence-corrected chi connectivity index (χ1v) is 10.2. The molecular weight excluding hydrogens is 398 g/mol. The number of esters is 1. The van der Waals surface area contributed by atoms with Crippen LogP contribution in [0.3, 0.4) is 0 Å². The van der Waals surface area contributed by atoms with E-state index >= 15 is 0 Å². The molecular formula is C24H31NO6. The molecule has 0 saturated heterocycles. The second kappa shape index (κ2) is 11.4. The molecule has 0 radical (unpaired) electrons. The van der Waals surface area contributed by atoms with Crippen LogP contribution in [-0.2, 0) is 20.7 Å². The van der Waals surface area contributed by atoms with E-state index in [0.717, 1.165) is 11.1 Å². The van der Waals surface area contributed by atoms with Crippen molar-refractivity contribution in [3.8, 4) is 5.75 Å². The number of carbonyl (C=O) groups is 2. The Labute approximate surface area is 183 Å². The Morgan fingerprint density at radius 1 is 1.03 bits per heavy atom. The van der Waals surface area contributed by atoms with Gasteiger partial charge in [0.25, 0.3) is 0 Å². The molecule has 31 heavy (non-hydrogen) atoms. The molecule has 0 bridgehead atoms. The zero-order valence-corrected chi connectivity index (χ0v) is 18.5. The second-order valence-electron chi connectivity index (χ2n) is 8.11. The van der Waals surface area contributed by atoms with Gasteiger partial charge in [-0.05, 0) is 50.5 Å². The van der Waals surface area contributed by atoms with E-state index in [9.17, 15) is 14.7 Å². The van der Waals surface area contributed by atoms with Gasteiger partial charge in [0.15, 0.2) is 6.61 Å². The molecule has 2 aromatic rings. The lowest BCUT2D eigenvalue weighted by Crippen LogP contribution is -2.40. The van der Waals surface area contributed by atoms with Gasteiger partial charge in [0.2, 0.25) is 0 Å². The highest BCUT2D eigenvalue weighted by Crippen LogP contribution is 2.18. The number of aliphatic hydroxyl groups is 1. The Morgan fingerprint density at radius 2 is 1.68 bits per heavy atom. The Hall–Kier alpha value is -3.06. The fourth-order valence-corrected chi connectivity index (χ4v) is 2.79. The second-order valence-corrected chi connectivity index (χ2v) is 8.11. The molecule has 2 rings (SSSR count). The van der Waals surface area contributed by atoms with E-state index in [1.54, 1.807) is 12.1 Å². The normalized spacial score (nSPS) is 12.0. The van der Waals surface area contributed by atoms with Crippen molar-refractivity contribution in [1.29, 1.82) is 0 Å². The van der Waals surface area contributed by atoms with Crippen molar-refractivity contribution in [2.45, 2.75) is 38.9 Å². The van der Waals surface area contributed by atoms with Crippen LogP contribution < -0.4 is 4.74 Å². The summed E-state index contributed by atoms with van der Waals surface area (Å²) in [4.78, 5) is 25.4. The van der Waals surface area contributed by atoms with E-state index in [2.05, 4.69) is 4.74 Å². The number of rotatable bonds is 9. The number of aliphatic hydroxyl groups excluding tert-OH is 1. The van der Waals surface area contributed by atoms with Crippen LogP contribution >= 0.6 is 0 Å². The van der Waals surface area contributed by atoms with Crippen LogP contribution in [0.15, 0.2) is 54.6 Å². The van der Waals surface area contributed by atoms with Crippen molar-refractivity contribution in [2.24, 2.45) is 0 Å². The van der Waals surface area contributed by atoms with Gasteiger partial charge in [-0.3, -0.25) is 0 Å². The average molecular weight is 430 g/mol. The van der Waals surface area contributed by atoms with Crippen molar-refractivity contribution in [3.05, 3.63) is 65.7 Å². The standard InChI is InChI=1S/C24H31NO6/c1-24(2,3)31-23(28)25(16-21(26)19-8-6-5-7-9-19)15-14-18-10-12-20(13-11-18)30-17-22(27)29-4/h5-13,21,26H,14-17H2,1-4H3/t21-/m0/s1. The zero-order valence-electron chi connectivity index (χ0n) is 18.5. The summed E-state index contributed by atoms with van der Waals surface area (Å²) in [5, 5.41) is 10.6. The number of carbonyl (C=O) groups excluding carboxylic acids is 2. The van der Waals surface area contributed by atoms with Crippen LogP contribution in [0.1, 0.15) is 38.0 Å². The number of nitrogens with zero attached hydrogens (tertiary/aromatic N) is 1. The molecule has 7 heteroatoms. The minimum atomic E-state index is -0.817. The number of hydrogen-bond donors (Lipinski definition) is 1. The fourth-order valence-electron chi connectivity index (χ4n) is 2.79. The molecule has 168 valence electrons. The maximum Gasteiger partial charge on any atom is 0.410 e. The number of amides is 1. The topological polar surface area (TPSA) is 85.3 Å². The van der Waals surface area contributed by atoms with E-state index in [-0.39, 0.29) is 13.2 Å². The first-order chi connectivity index (χ1) is 14.7. The highest BCUT2D eigenvalue weighted by Gasteiger charge is 2.24. The van der Waals surface area contributed by atoms with Gasteiger partial charge in [-0.1, -0.05) is 42.5 Å². The van der Waals surface area contributed by atoms with E-state index in [1.165, 1.54) is 12.0 Å². The van der Waals surface area contributed by atoms with Crippen molar-refractivity contribution >= 4 is 12.1 Å². The third-order valence-electron chi connectivity index (χ3n) is 4.41. The lowest BCUT2D eigenvalue weighted by Gasteiger charge is -2.29. The molecule has 0 fully saturated rings. The lowest BCUT2D eigenvalue weighted by molar-refractivity contribution is -0.142. The summed E-state index contributed by atoms with van der Waals surface area (Å²) in [5.74, 6) is 0.103. The zero-order chi connectivity index (χ0) is 22.9. The number of methoxy groups -OCH3 is 1. The van der Waals surface area contributed by atoms with E-state index in [4.69, 9.17) is 9.47 Å². The average Bonchev–Trinajstić information content (AvgIpc) is 2.74. The van der Waals surface area contributed by atoms with Gasteiger partial charge in [0.05, 0.1) is 19.8 Å². The predicted molar refractivity (Wildman–Crippen MR) is 117 cm³/mol. The molecule has 0 heterocycles. The molecule has 0 spiro atoms. The summed E-state index contributed by atoms with van der Waals surface area (Å²) in [7, 11) is 1.31. The molecule has 7 nitrogen and oxygen atoms in total. The number of ether oxygens (including phenoxy) is 3. The third kappa shape index (κ3) is 8.68. The number of benzene rings is 2. The largest absolute Gasteiger partial charge is 0.482 e. The van der Waals surface area contributed by atoms with Crippen molar-refractivity contribution in [2.75, 3.05) is 26.8 Å². The van der Waals surface area contributed by atoms with Crippen LogP contribution in [0.5, 0.6) is 5.75 Å². The SMILES string of the molecule is COC(=O)COc1ccc(CCN(C[C@H](O)c2ccccc2)C(=O)OC(C)(C)C)cc1. The summed E-state index contributed by atoms with van der Waals surface area (Å²) < 4.78 is 15.4. The predicted octanol–water partition coefficient (Wildman–Crippen LogP) is 3.75. The summed E-state index contributed by atoms with van der Waals surface area (Å²) >= 11 is 0. The van der Waals surface area contributed by atoms with E-state index in [1.807, 2.05) is 63.2 Å². The molecule has 0 aliphatic rings. The molecule has 1 amide bonds. The molecule has 0 unspecified atom stereocenters. The van der Waals surface area contributed by atoms with Crippen molar-refractivity contribution in [3.63, 3.8) is 0 Å². The highest BCUT2D eigenvalue weighted by molar-refractivity contribution is 5.70. The van der Waals surface area contributed by atoms with E-state index < -0.39 is 23.8 Å². The Balaban J connectivity index is 2.01. The lowest BCUT2D eigenvalue weighted by atomic mass is 10.1. The molecule has 0 aliphatic heterocycles. The molecule has 1 atom stereocenters. The van der Waals surface area contributed by atoms with Gasteiger partial charge >= 0.3 is 12.1 Å². The Kier molecular flexibility index (Phi) is 8.88. The molecule has 0 saturated carbocycles. The summed E-state index contributed by atoms with van der Waals surface area (Å²) in [6.07, 6.45) is -0.721. The molecule has 0 aromatic heterocycles. The maximum absolute atomic E-state index is 12.7. The third-order valence-corrected chi connectivity index (χ3v) is 4.41. The van der Waals surface area contributed by atoms with Crippen molar-refractivity contribution in [1.82, 2.24) is 4.90 Å². The highest BCUT2D eigenvalue weighted by atomic mass is 16.6. The van der Waals surface area contributed by atoms with E-state index in [0.29, 0.717) is 18.7 Å². The minimum absolute atomic E-state index is 0.124. The molecule has 1 N–H and O–H groups in total. The minimum Gasteiger partial charge on any atom is -0.482 e. The van der Waals surface area contributed by atoms with Crippen LogP contribution in [-0.4, -0.2) is 54.5 Å². The van der Waals surface area contributed by atoms with Gasteiger partial charge < -0.3 is 24.2 Å². The van der Waals surface area contributed by atoms with Crippen molar-refractivity contribution < 1.29 is 28.9 Å². The van der Waals surface area contributed by atoms with Gasteiger partial charge in [-0.25, -0.2) is 9.59 Å². The first kappa shape index (κ1) is 24.2.